The SMILES string of the molecule is CCN(CC)CCNC1=[N+](Cc2ccc(F)cc2)C2C(=O)N(C)C(=O)N(C)C2=N1. The lowest BCUT2D eigenvalue weighted by atomic mass is 10.1. The average molecular weight is 403 g/mol. The number of rotatable bonds is 7. The Morgan fingerprint density at radius 2 is 1.79 bits per heavy atom. The third-order valence-corrected chi connectivity index (χ3v) is 5.40. The van der Waals surface area contributed by atoms with E-state index in [1.807, 2.05) is 4.58 Å². The van der Waals surface area contributed by atoms with E-state index in [4.69, 9.17) is 0 Å². The van der Waals surface area contributed by atoms with Gasteiger partial charge in [-0.3, -0.25) is 19.9 Å². The second-order valence-electron chi connectivity index (χ2n) is 7.14. The Balaban J connectivity index is 1.89. The monoisotopic (exact) mass is 403 g/mol. The van der Waals surface area contributed by atoms with Gasteiger partial charge >= 0.3 is 12.0 Å². The Bertz CT molecular complexity index is 847. The first kappa shape index (κ1) is 20.9. The minimum Gasteiger partial charge on any atom is -0.301 e. The molecule has 8 nitrogen and oxygen atoms in total. The highest BCUT2D eigenvalue weighted by Crippen LogP contribution is 2.20. The fourth-order valence-corrected chi connectivity index (χ4v) is 3.56. The predicted molar refractivity (Wildman–Crippen MR) is 108 cm³/mol. The number of urea groups is 1. The molecule has 1 fully saturated rings. The number of hydrogen-bond acceptors (Lipinski definition) is 5. The number of amidine groups is 1. The van der Waals surface area contributed by atoms with Crippen LogP contribution < -0.4 is 5.32 Å². The molecule has 3 amide bonds. The van der Waals surface area contributed by atoms with Crippen molar-refractivity contribution >= 4 is 23.7 Å². The molecule has 1 aromatic carbocycles. The van der Waals surface area contributed by atoms with Gasteiger partial charge in [-0.05, 0) is 30.8 Å². The number of nitrogens with zero attached hydrogens (tertiary/aromatic N) is 5. The van der Waals surface area contributed by atoms with E-state index in [0.717, 1.165) is 30.1 Å². The predicted octanol–water partition coefficient (Wildman–Crippen LogP) is 0.930. The van der Waals surface area contributed by atoms with Crippen LogP contribution in [0.15, 0.2) is 29.3 Å². The number of halogens is 1. The Morgan fingerprint density at radius 3 is 2.41 bits per heavy atom. The smallest absolute Gasteiger partial charge is 0.301 e. The quantitative estimate of drug-likeness (QED) is 0.688. The molecule has 2 aliphatic heterocycles. The van der Waals surface area contributed by atoms with Gasteiger partial charge in [0.05, 0.1) is 13.1 Å². The van der Waals surface area contributed by atoms with Crippen LogP contribution in [0.4, 0.5) is 9.18 Å². The molecule has 1 saturated heterocycles. The van der Waals surface area contributed by atoms with Crippen LogP contribution >= 0.6 is 0 Å². The summed E-state index contributed by atoms with van der Waals surface area (Å²) in [6, 6.07) is 5.07. The molecule has 1 unspecified atom stereocenters. The van der Waals surface area contributed by atoms with E-state index in [1.54, 1.807) is 19.2 Å². The van der Waals surface area contributed by atoms with E-state index in [9.17, 15) is 14.0 Å². The minimum atomic E-state index is -0.691. The largest absolute Gasteiger partial charge is 0.390 e. The fraction of sp³-hybridized carbons (Fsp3) is 0.500. The lowest BCUT2D eigenvalue weighted by molar-refractivity contribution is -0.553. The number of hydrogen-bond donors (Lipinski definition) is 1. The maximum Gasteiger partial charge on any atom is 0.390 e. The normalized spacial score (nSPS) is 19.2. The molecule has 0 saturated carbocycles. The lowest BCUT2D eigenvalue weighted by Crippen LogP contribution is -2.61. The number of aliphatic imine (C=N–C) groups is 1. The van der Waals surface area contributed by atoms with Gasteiger partial charge in [-0.15, -0.1) is 0 Å². The van der Waals surface area contributed by atoms with E-state index in [1.165, 1.54) is 24.1 Å². The molecule has 0 aromatic heterocycles. The number of fused-ring (bicyclic) bond motifs is 1. The Morgan fingerprint density at radius 1 is 1.14 bits per heavy atom. The van der Waals surface area contributed by atoms with Gasteiger partial charge in [0, 0.05) is 20.6 Å². The Kier molecular flexibility index (Phi) is 6.26. The number of likely N-dealkylation sites (N-methyl/N-ethyl adjacent to an activating group) is 3. The molecule has 0 bridgehead atoms. The Hall–Kier alpha value is -2.81. The summed E-state index contributed by atoms with van der Waals surface area (Å²) in [5.74, 6) is 0.317. The van der Waals surface area contributed by atoms with Gasteiger partial charge in [-0.25, -0.2) is 13.8 Å². The van der Waals surface area contributed by atoms with Crippen LogP contribution in [-0.2, 0) is 11.3 Å². The van der Waals surface area contributed by atoms with E-state index in [-0.39, 0.29) is 11.7 Å². The molecule has 156 valence electrons. The number of carbonyl (C=O) groups is 2. The minimum absolute atomic E-state index is 0.313. The molecule has 2 heterocycles. The van der Waals surface area contributed by atoms with E-state index in [0.29, 0.717) is 24.9 Å². The molecule has 29 heavy (non-hydrogen) atoms. The van der Waals surface area contributed by atoms with Crippen molar-refractivity contribution in [2.75, 3.05) is 40.3 Å². The second kappa shape index (κ2) is 8.69. The molecule has 0 spiro atoms. The standard InChI is InChI=1S/C20H27FN6O2/c1-5-26(6-2)12-11-22-19-23-17-16(18(28)25(4)20(29)24(17)3)27(19)13-14-7-9-15(21)10-8-14/h7-10,16H,5-6,11-13H2,1-4H3/p+1. The number of carbonyl (C=O) groups excluding carboxylic acids is 2. The first-order valence-corrected chi connectivity index (χ1v) is 9.85. The zero-order chi connectivity index (χ0) is 21.1. The molecule has 1 atom stereocenters. The summed E-state index contributed by atoms with van der Waals surface area (Å²) in [5, 5.41) is 3.32. The fourth-order valence-electron chi connectivity index (χ4n) is 3.56. The van der Waals surface area contributed by atoms with Crippen molar-refractivity contribution < 1.29 is 18.6 Å². The summed E-state index contributed by atoms with van der Waals surface area (Å²) in [6.07, 6.45) is 0. The molecule has 2 aliphatic rings. The molecular formula is C20H28FN6O2+. The maximum absolute atomic E-state index is 13.3. The van der Waals surface area contributed by atoms with Crippen LogP contribution in [0.5, 0.6) is 0 Å². The average Bonchev–Trinajstić information content (AvgIpc) is 3.08. The molecular weight excluding hydrogens is 375 g/mol. The molecule has 9 heteroatoms. The summed E-state index contributed by atoms with van der Waals surface area (Å²) < 4.78 is 15.1. The van der Waals surface area contributed by atoms with E-state index >= 15 is 0 Å². The number of imide groups is 1. The summed E-state index contributed by atoms with van der Waals surface area (Å²) in [6.45, 7) is 7.97. The van der Waals surface area contributed by atoms with Gasteiger partial charge in [0.1, 0.15) is 5.82 Å². The van der Waals surface area contributed by atoms with E-state index in [2.05, 4.69) is 29.1 Å². The third kappa shape index (κ3) is 4.14. The number of amides is 3. The van der Waals surface area contributed by atoms with Crippen molar-refractivity contribution in [2.24, 2.45) is 4.99 Å². The second-order valence-corrected chi connectivity index (χ2v) is 7.14. The third-order valence-electron chi connectivity index (χ3n) is 5.40. The highest BCUT2D eigenvalue weighted by atomic mass is 19.1. The van der Waals surface area contributed by atoms with Crippen LogP contribution in [0, 0.1) is 5.82 Å². The van der Waals surface area contributed by atoms with Gasteiger partial charge in [0.15, 0.2) is 0 Å². The summed E-state index contributed by atoms with van der Waals surface area (Å²) in [5.41, 5.74) is 0.848. The molecule has 1 N–H and O–H groups in total. The van der Waals surface area contributed by atoms with E-state index < -0.39 is 12.1 Å². The van der Waals surface area contributed by atoms with Crippen molar-refractivity contribution in [3.8, 4) is 0 Å². The number of guanidine groups is 1. The van der Waals surface area contributed by atoms with Gasteiger partial charge in [-0.1, -0.05) is 31.0 Å². The van der Waals surface area contributed by atoms with Crippen LogP contribution in [-0.4, -0.2) is 89.3 Å². The van der Waals surface area contributed by atoms with Crippen molar-refractivity contribution in [1.82, 2.24) is 20.0 Å². The zero-order valence-electron chi connectivity index (χ0n) is 17.4. The molecule has 0 aliphatic carbocycles. The maximum atomic E-state index is 13.3. The lowest BCUT2D eigenvalue weighted by Gasteiger charge is -2.31. The summed E-state index contributed by atoms with van der Waals surface area (Å²) in [4.78, 5) is 34.6. The van der Waals surface area contributed by atoms with Crippen LogP contribution in [0.1, 0.15) is 19.4 Å². The van der Waals surface area contributed by atoms with Crippen LogP contribution in [0.3, 0.4) is 0 Å². The van der Waals surface area contributed by atoms with Gasteiger partial charge < -0.3 is 4.90 Å². The first-order chi connectivity index (χ1) is 13.9. The number of nitrogens with one attached hydrogen (secondary N) is 1. The number of benzene rings is 1. The zero-order valence-corrected chi connectivity index (χ0v) is 17.4. The van der Waals surface area contributed by atoms with Crippen molar-refractivity contribution in [3.05, 3.63) is 35.6 Å². The van der Waals surface area contributed by atoms with Gasteiger partial charge in [-0.2, -0.15) is 0 Å². The summed E-state index contributed by atoms with van der Waals surface area (Å²) >= 11 is 0. The highest BCUT2D eigenvalue weighted by molar-refractivity contribution is 6.22. The van der Waals surface area contributed by atoms with Crippen LogP contribution in [0.2, 0.25) is 0 Å². The Labute approximate surface area is 170 Å². The molecule has 3 rings (SSSR count). The highest BCUT2D eigenvalue weighted by Gasteiger charge is 2.51. The van der Waals surface area contributed by atoms with Gasteiger partial charge in [0.25, 0.3) is 5.91 Å². The first-order valence-electron chi connectivity index (χ1n) is 9.85. The van der Waals surface area contributed by atoms with Crippen LogP contribution in [0.25, 0.3) is 0 Å². The molecule has 0 radical (unpaired) electrons. The van der Waals surface area contributed by atoms with Crippen molar-refractivity contribution in [3.63, 3.8) is 0 Å². The van der Waals surface area contributed by atoms with Gasteiger partial charge in [0.2, 0.25) is 11.9 Å². The topological polar surface area (TPSA) is 71.3 Å². The summed E-state index contributed by atoms with van der Waals surface area (Å²) in [7, 11) is 3.09. The van der Waals surface area contributed by atoms with Crippen molar-refractivity contribution in [2.45, 2.75) is 26.4 Å². The van der Waals surface area contributed by atoms with Crippen molar-refractivity contribution in [1.29, 1.82) is 0 Å². The molecule has 1 aromatic rings.